The van der Waals surface area contributed by atoms with Crippen LogP contribution in [0.5, 0.6) is 0 Å². The van der Waals surface area contributed by atoms with Gasteiger partial charge < -0.3 is 27.7 Å². The topological polar surface area (TPSA) is 229 Å². The molecule has 14 nitrogen and oxygen atoms in total. The highest BCUT2D eigenvalue weighted by Gasteiger charge is 2.21. The van der Waals surface area contributed by atoms with Crippen molar-refractivity contribution >= 4 is 52.1 Å². The molecule has 0 saturated carbocycles. The predicted octanol–water partition coefficient (Wildman–Crippen LogP) is -1.31. The molecule has 150 valence electrons. The van der Waals surface area contributed by atoms with Crippen molar-refractivity contribution in [3.05, 3.63) is 23.8 Å². The molecule has 2 aliphatic rings. The summed E-state index contributed by atoms with van der Waals surface area (Å²) in [6, 6.07) is 4.80. The number of esters is 1. The van der Waals surface area contributed by atoms with E-state index in [4.69, 9.17) is 27.7 Å². The van der Waals surface area contributed by atoms with E-state index in [1.165, 1.54) is 0 Å². The van der Waals surface area contributed by atoms with Crippen molar-refractivity contribution in [1.29, 1.82) is 0 Å². The normalized spacial score (nSPS) is 15.2. The lowest BCUT2D eigenvalue weighted by atomic mass is 10.1. The zero-order valence-electron chi connectivity index (χ0n) is 15.2. The number of rotatable bonds is 6. The van der Waals surface area contributed by atoms with Crippen LogP contribution in [0.1, 0.15) is 17.3 Å². The van der Waals surface area contributed by atoms with Gasteiger partial charge in [-0.15, -0.1) is 20.4 Å². The molecule has 1 aromatic carbocycles. The summed E-state index contributed by atoms with van der Waals surface area (Å²) < 4.78 is 5.08. The first-order chi connectivity index (χ1) is 13.9. The quantitative estimate of drug-likeness (QED) is 0.248. The van der Waals surface area contributed by atoms with Crippen LogP contribution in [-0.4, -0.2) is 47.3 Å². The molecular formula is C15H18N12O2. The van der Waals surface area contributed by atoms with Gasteiger partial charge in [-0.05, 0) is 19.1 Å². The van der Waals surface area contributed by atoms with Crippen LogP contribution in [0.2, 0.25) is 0 Å². The van der Waals surface area contributed by atoms with Crippen molar-refractivity contribution in [3.8, 4) is 0 Å². The number of anilines is 2. The van der Waals surface area contributed by atoms with Crippen LogP contribution >= 0.6 is 0 Å². The number of hydrogen-bond acceptors (Lipinski definition) is 14. The predicted molar refractivity (Wildman–Crippen MR) is 111 cm³/mol. The molecular weight excluding hydrogens is 380 g/mol. The smallest absolute Gasteiger partial charge is 0.340 e. The zero-order chi connectivity index (χ0) is 21.0. The number of benzene rings is 1. The number of nitrogens with zero attached hydrogens (tertiary/aromatic N) is 6. The molecule has 0 amide bonds. The molecule has 0 aromatic heterocycles. The van der Waals surface area contributed by atoms with E-state index in [0.717, 1.165) is 0 Å². The highest BCUT2D eigenvalue weighted by Crippen LogP contribution is 2.27. The lowest BCUT2D eigenvalue weighted by Crippen LogP contribution is -2.33. The maximum atomic E-state index is 12.4. The zero-order valence-corrected chi connectivity index (χ0v) is 15.2. The molecule has 0 atom stereocenters. The maximum absolute atomic E-state index is 12.4. The largest absolute Gasteiger partial charge is 0.462 e. The SMILES string of the molecule is CCOC(=O)c1cccc(NN=C2C(N)=NN=C2N)c1NN=C1C(N)=NN=C1N. The van der Waals surface area contributed by atoms with Crippen molar-refractivity contribution in [2.24, 2.45) is 53.5 Å². The summed E-state index contributed by atoms with van der Waals surface area (Å²) in [4.78, 5) is 12.4. The molecule has 0 spiro atoms. The molecule has 0 saturated heterocycles. The fraction of sp³-hybridized carbons (Fsp3) is 0.133. The van der Waals surface area contributed by atoms with Crippen LogP contribution in [0.15, 0.2) is 48.8 Å². The second-order valence-corrected chi connectivity index (χ2v) is 5.53. The van der Waals surface area contributed by atoms with Gasteiger partial charge in [0, 0.05) is 0 Å². The van der Waals surface area contributed by atoms with Crippen LogP contribution in [0.25, 0.3) is 0 Å². The first-order valence-corrected chi connectivity index (χ1v) is 8.24. The van der Waals surface area contributed by atoms with Gasteiger partial charge in [-0.1, -0.05) is 6.07 Å². The van der Waals surface area contributed by atoms with Gasteiger partial charge in [-0.25, -0.2) is 4.79 Å². The van der Waals surface area contributed by atoms with E-state index in [1.54, 1.807) is 25.1 Å². The number of carbonyl (C=O) groups excluding carboxylic acids is 1. The summed E-state index contributed by atoms with van der Waals surface area (Å²) in [5, 5.41) is 22.7. The van der Waals surface area contributed by atoms with E-state index >= 15 is 0 Å². The Balaban J connectivity index is 1.97. The van der Waals surface area contributed by atoms with Gasteiger partial charge in [-0.2, -0.15) is 10.2 Å². The van der Waals surface area contributed by atoms with Gasteiger partial charge in [0.15, 0.2) is 34.8 Å². The Bertz CT molecular complexity index is 994. The third kappa shape index (κ3) is 3.95. The summed E-state index contributed by atoms with van der Waals surface area (Å²) >= 11 is 0. The summed E-state index contributed by atoms with van der Waals surface area (Å²) in [5.74, 6) is -0.436. The summed E-state index contributed by atoms with van der Waals surface area (Å²) in [6.07, 6.45) is 0. The molecule has 0 aliphatic carbocycles. The van der Waals surface area contributed by atoms with Crippen molar-refractivity contribution in [2.75, 3.05) is 17.5 Å². The van der Waals surface area contributed by atoms with Gasteiger partial charge in [-0.3, -0.25) is 10.9 Å². The average molecular weight is 398 g/mol. The molecule has 10 N–H and O–H groups in total. The Morgan fingerprint density at radius 3 is 1.97 bits per heavy atom. The van der Waals surface area contributed by atoms with Crippen LogP contribution in [-0.2, 0) is 4.74 Å². The Kier molecular flexibility index (Phi) is 5.34. The first-order valence-electron chi connectivity index (χ1n) is 8.24. The number of ether oxygens (including phenoxy) is 1. The molecule has 0 fully saturated rings. The Hall–Kier alpha value is -4.49. The third-order valence-corrected chi connectivity index (χ3v) is 3.63. The highest BCUT2D eigenvalue weighted by atomic mass is 16.5. The minimum absolute atomic E-state index is 0.0253. The summed E-state index contributed by atoms with van der Waals surface area (Å²) in [5.41, 5.74) is 29.3. The first kappa shape index (κ1) is 19.3. The van der Waals surface area contributed by atoms with Crippen LogP contribution in [0, 0.1) is 0 Å². The number of para-hydroxylation sites is 1. The number of nitrogens with two attached hydrogens (primary N) is 4. The molecule has 29 heavy (non-hydrogen) atoms. The van der Waals surface area contributed by atoms with Gasteiger partial charge in [0.05, 0.1) is 23.5 Å². The molecule has 0 unspecified atom stereocenters. The number of nitrogens with one attached hydrogen (secondary N) is 2. The second-order valence-electron chi connectivity index (χ2n) is 5.53. The van der Waals surface area contributed by atoms with E-state index in [0.29, 0.717) is 5.69 Å². The molecule has 0 radical (unpaired) electrons. The molecule has 1 aromatic rings. The summed E-state index contributed by atoms with van der Waals surface area (Å²) in [7, 11) is 0. The van der Waals surface area contributed by atoms with Crippen molar-refractivity contribution < 1.29 is 9.53 Å². The standard InChI is InChI=1S/C15H18N12O2/c1-2-29-15(28)6-4-3-5-7(20-22-9-11(16)24-25-12(9)17)8(6)21-23-10-13(18)26-27-14(10)19/h3-5,20-21H,2H2,1H3,(H4,16,17,22,24,25)(H4,18,19,23,26,27). The average Bonchev–Trinajstić information content (AvgIpc) is 3.19. The van der Waals surface area contributed by atoms with Gasteiger partial charge in [0.1, 0.15) is 0 Å². The Morgan fingerprint density at radius 1 is 0.931 bits per heavy atom. The maximum Gasteiger partial charge on any atom is 0.340 e. The number of carbonyl (C=O) groups is 1. The number of hydrogen-bond donors (Lipinski definition) is 6. The fourth-order valence-corrected chi connectivity index (χ4v) is 2.27. The van der Waals surface area contributed by atoms with Crippen LogP contribution in [0.3, 0.4) is 0 Å². The summed E-state index contributed by atoms with van der Waals surface area (Å²) in [6.45, 7) is 1.88. The fourth-order valence-electron chi connectivity index (χ4n) is 2.27. The van der Waals surface area contributed by atoms with Crippen molar-refractivity contribution in [3.63, 3.8) is 0 Å². The minimum atomic E-state index is -0.579. The monoisotopic (exact) mass is 398 g/mol. The van der Waals surface area contributed by atoms with Gasteiger partial charge >= 0.3 is 5.97 Å². The molecule has 14 heteroatoms. The van der Waals surface area contributed by atoms with E-state index < -0.39 is 5.97 Å². The number of hydrazone groups is 2. The van der Waals surface area contributed by atoms with E-state index in [1.807, 2.05) is 0 Å². The van der Waals surface area contributed by atoms with Gasteiger partial charge in [0.25, 0.3) is 0 Å². The van der Waals surface area contributed by atoms with Crippen molar-refractivity contribution in [2.45, 2.75) is 6.92 Å². The number of amidine groups is 4. The van der Waals surface area contributed by atoms with E-state index in [2.05, 4.69) is 41.5 Å². The second kappa shape index (κ2) is 8.03. The molecule has 3 rings (SSSR count). The van der Waals surface area contributed by atoms with Crippen LogP contribution < -0.4 is 33.8 Å². The Morgan fingerprint density at radius 2 is 1.45 bits per heavy atom. The minimum Gasteiger partial charge on any atom is -0.462 e. The molecule has 2 aliphatic heterocycles. The van der Waals surface area contributed by atoms with E-state index in [-0.39, 0.29) is 52.6 Å². The van der Waals surface area contributed by atoms with Crippen LogP contribution in [0.4, 0.5) is 11.4 Å². The highest BCUT2D eigenvalue weighted by molar-refractivity contribution is 6.69. The molecule has 2 heterocycles. The van der Waals surface area contributed by atoms with Gasteiger partial charge in [0.2, 0.25) is 0 Å². The van der Waals surface area contributed by atoms with Crippen molar-refractivity contribution in [1.82, 2.24) is 0 Å². The lowest BCUT2D eigenvalue weighted by molar-refractivity contribution is 0.0527. The Labute approximate surface area is 164 Å². The van der Waals surface area contributed by atoms with E-state index in [9.17, 15) is 4.79 Å². The third-order valence-electron chi connectivity index (χ3n) is 3.63. The lowest BCUT2D eigenvalue weighted by Gasteiger charge is -2.14. The molecule has 0 bridgehead atoms.